The number of rotatable bonds is 6. The molecule has 1 unspecified atom stereocenters. The van der Waals surface area contributed by atoms with E-state index in [-0.39, 0.29) is 16.6 Å². The molecular formula is C12H18N2O4S2. The van der Waals surface area contributed by atoms with Crippen LogP contribution in [0.1, 0.15) is 31.4 Å². The van der Waals surface area contributed by atoms with Crippen molar-refractivity contribution < 1.29 is 16.8 Å². The average Bonchev–Trinajstić information content (AvgIpc) is 3.10. The summed E-state index contributed by atoms with van der Waals surface area (Å²) in [6.07, 6.45) is 1.94. The Morgan fingerprint density at radius 2 is 1.75 bits per heavy atom. The van der Waals surface area contributed by atoms with Gasteiger partial charge in [0, 0.05) is 6.04 Å². The van der Waals surface area contributed by atoms with E-state index in [1.807, 2.05) is 0 Å². The summed E-state index contributed by atoms with van der Waals surface area (Å²) in [4.78, 5) is 0.00860. The first-order valence-corrected chi connectivity index (χ1v) is 9.50. The zero-order valence-corrected chi connectivity index (χ0v) is 12.7. The van der Waals surface area contributed by atoms with Crippen molar-refractivity contribution in [1.29, 1.82) is 0 Å². The molecule has 6 nitrogen and oxygen atoms in total. The molecule has 1 fully saturated rings. The Morgan fingerprint density at radius 1 is 1.20 bits per heavy atom. The highest BCUT2D eigenvalue weighted by Gasteiger charge is 2.28. The summed E-state index contributed by atoms with van der Waals surface area (Å²) in [7, 11) is -7.02. The Balaban J connectivity index is 2.07. The molecule has 0 aliphatic heterocycles. The van der Waals surface area contributed by atoms with Gasteiger partial charge >= 0.3 is 0 Å². The van der Waals surface area contributed by atoms with E-state index in [1.165, 1.54) is 12.1 Å². The Labute approximate surface area is 119 Å². The molecule has 112 valence electrons. The highest BCUT2D eigenvalue weighted by atomic mass is 32.2. The van der Waals surface area contributed by atoms with Crippen LogP contribution in [0.15, 0.2) is 29.2 Å². The maximum atomic E-state index is 11.9. The second kappa shape index (κ2) is 5.44. The first-order valence-electron chi connectivity index (χ1n) is 6.30. The summed E-state index contributed by atoms with van der Waals surface area (Å²) in [5.41, 5.74) is 0.691. The lowest BCUT2D eigenvalue weighted by molar-refractivity contribution is 0.563. The third-order valence-corrected chi connectivity index (χ3v) is 5.77. The standard InChI is InChI=1S/C12H18N2O4S2/c1-9(14-19(15,16)8-10-2-3-10)11-4-6-12(7-5-11)20(13,17)18/h4-7,9-10,14H,2-3,8H2,1H3,(H2,13,17,18). The molecule has 0 aromatic heterocycles. The summed E-state index contributed by atoms with van der Waals surface area (Å²) in [5, 5.41) is 5.01. The predicted octanol–water partition coefficient (Wildman–Crippen LogP) is 0.724. The van der Waals surface area contributed by atoms with Crippen molar-refractivity contribution in [1.82, 2.24) is 4.72 Å². The quantitative estimate of drug-likeness (QED) is 0.806. The van der Waals surface area contributed by atoms with Crippen LogP contribution < -0.4 is 9.86 Å². The molecular weight excluding hydrogens is 300 g/mol. The van der Waals surface area contributed by atoms with Crippen molar-refractivity contribution in [3.05, 3.63) is 29.8 Å². The van der Waals surface area contributed by atoms with E-state index in [4.69, 9.17) is 5.14 Å². The molecule has 20 heavy (non-hydrogen) atoms. The van der Waals surface area contributed by atoms with E-state index in [0.717, 1.165) is 12.8 Å². The number of primary sulfonamides is 1. The second-order valence-corrected chi connectivity index (χ2v) is 8.54. The van der Waals surface area contributed by atoms with Gasteiger partial charge in [-0.25, -0.2) is 26.7 Å². The van der Waals surface area contributed by atoms with Crippen molar-refractivity contribution in [3.63, 3.8) is 0 Å². The highest BCUT2D eigenvalue weighted by molar-refractivity contribution is 7.89. The van der Waals surface area contributed by atoms with Crippen LogP contribution >= 0.6 is 0 Å². The van der Waals surface area contributed by atoms with Gasteiger partial charge in [0.2, 0.25) is 20.0 Å². The smallest absolute Gasteiger partial charge is 0.225 e. The molecule has 0 saturated heterocycles. The van der Waals surface area contributed by atoms with Crippen molar-refractivity contribution in [2.45, 2.75) is 30.7 Å². The van der Waals surface area contributed by atoms with Crippen molar-refractivity contribution >= 4 is 20.0 Å². The van der Waals surface area contributed by atoms with Gasteiger partial charge in [0.25, 0.3) is 0 Å². The molecule has 1 saturated carbocycles. The Bertz CT molecular complexity index is 677. The van der Waals surface area contributed by atoms with Gasteiger partial charge in [0.05, 0.1) is 10.6 Å². The van der Waals surface area contributed by atoms with Gasteiger partial charge in [-0.2, -0.15) is 0 Å². The van der Waals surface area contributed by atoms with Crippen LogP contribution in [0.5, 0.6) is 0 Å². The molecule has 1 aromatic carbocycles. The summed E-state index contributed by atoms with van der Waals surface area (Å²) in [6, 6.07) is 5.45. The molecule has 0 spiro atoms. The first kappa shape index (κ1) is 15.4. The van der Waals surface area contributed by atoms with E-state index in [1.54, 1.807) is 19.1 Å². The minimum absolute atomic E-state index is 0.00860. The summed E-state index contributed by atoms with van der Waals surface area (Å²) in [5.74, 6) is 0.441. The van der Waals surface area contributed by atoms with E-state index in [9.17, 15) is 16.8 Å². The summed E-state index contributed by atoms with van der Waals surface area (Å²) < 4.78 is 48.6. The fourth-order valence-corrected chi connectivity index (χ4v) is 4.17. The molecule has 1 aromatic rings. The Kier molecular flexibility index (Phi) is 4.19. The second-order valence-electron chi connectivity index (χ2n) is 5.18. The van der Waals surface area contributed by atoms with Gasteiger partial charge in [-0.15, -0.1) is 0 Å². The zero-order chi connectivity index (χ0) is 15.0. The van der Waals surface area contributed by atoms with Crippen LogP contribution in [-0.4, -0.2) is 22.6 Å². The number of hydrogen-bond donors (Lipinski definition) is 2. The average molecular weight is 318 g/mol. The monoisotopic (exact) mass is 318 g/mol. The van der Waals surface area contributed by atoms with Crippen molar-refractivity contribution in [3.8, 4) is 0 Å². The molecule has 1 aliphatic carbocycles. The Morgan fingerprint density at radius 3 is 2.20 bits per heavy atom. The van der Waals surface area contributed by atoms with Crippen LogP contribution in [0.25, 0.3) is 0 Å². The molecule has 0 bridgehead atoms. The van der Waals surface area contributed by atoms with Crippen molar-refractivity contribution in [2.24, 2.45) is 11.1 Å². The van der Waals surface area contributed by atoms with Gasteiger partial charge < -0.3 is 0 Å². The summed E-state index contributed by atoms with van der Waals surface area (Å²) >= 11 is 0. The summed E-state index contributed by atoms with van der Waals surface area (Å²) in [6.45, 7) is 1.72. The molecule has 8 heteroatoms. The molecule has 0 radical (unpaired) electrons. The third-order valence-electron chi connectivity index (χ3n) is 3.22. The van der Waals surface area contributed by atoms with Gasteiger partial charge in [0.1, 0.15) is 0 Å². The fraction of sp³-hybridized carbons (Fsp3) is 0.500. The lowest BCUT2D eigenvalue weighted by Crippen LogP contribution is -2.29. The largest absolute Gasteiger partial charge is 0.238 e. The van der Waals surface area contributed by atoms with Gasteiger partial charge in [-0.3, -0.25) is 0 Å². The van der Waals surface area contributed by atoms with Crippen LogP contribution in [-0.2, 0) is 20.0 Å². The van der Waals surface area contributed by atoms with Gasteiger partial charge in [-0.05, 0) is 43.4 Å². The van der Waals surface area contributed by atoms with E-state index < -0.39 is 26.1 Å². The zero-order valence-electron chi connectivity index (χ0n) is 11.1. The van der Waals surface area contributed by atoms with E-state index in [2.05, 4.69) is 4.72 Å². The first-order chi connectivity index (χ1) is 9.17. The van der Waals surface area contributed by atoms with Gasteiger partial charge in [-0.1, -0.05) is 12.1 Å². The minimum atomic E-state index is -3.73. The van der Waals surface area contributed by atoms with E-state index >= 15 is 0 Å². The number of benzene rings is 1. The Hall–Kier alpha value is -0.960. The molecule has 3 N–H and O–H groups in total. The number of nitrogens with one attached hydrogen (secondary N) is 1. The minimum Gasteiger partial charge on any atom is -0.225 e. The lowest BCUT2D eigenvalue weighted by Gasteiger charge is -2.14. The normalized spacial score (nSPS) is 17.9. The lowest BCUT2D eigenvalue weighted by atomic mass is 10.1. The van der Waals surface area contributed by atoms with Gasteiger partial charge in [0.15, 0.2) is 0 Å². The SMILES string of the molecule is CC(NS(=O)(=O)CC1CC1)c1ccc(S(N)(=O)=O)cc1. The van der Waals surface area contributed by atoms with Crippen molar-refractivity contribution in [2.75, 3.05) is 5.75 Å². The molecule has 0 heterocycles. The molecule has 2 rings (SSSR count). The van der Waals surface area contributed by atoms with Crippen LogP contribution in [0.2, 0.25) is 0 Å². The maximum Gasteiger partial charge on any atom is 0.238 e. The predicted molar refractivity (Wildman–Crippen MR) is 75.9 cm³/mol. The maximum absolute atomic E-state index is 11.9. The fourth-order valence-electron chi connectivity index (χ4n) is 1.93. The topological polar surface area (TPSA) is 106 Å². The number of sulfonamides is 2. The molecule has 0 amide bonds. The number of nitrogens with two attached hydrogens (primary N) is 1. The number of hydrogen-bond acceptors (Lipinski definition) is 4. The molecule has 1 aliphatic rings. The van der Waals surface area contributed by atoms with Crippen LogP contribution in [0, 0.1) is 5.92 Å². The highest BCUT2D eigenvalue weighted by Crippen LogP contribution is 2.30. The van der Waals surface area contributed by atoms with Crippen LogP contribution in [0.4, 0.5) is 0 Å². The third kappa shape index (κ3) is 4.27. The molecule has 1 atom stereocenters. The van der Waals surface area contributed by atoms with Crippen LogP contribution in [0.3, 0.4) is 0 Å². The van der Waals surface area contributed by atoms with E-state index in [0.29, 0.717) is 5.56 Å².